The summed E-state index contributed by atoms with van der Waals surface area (Å²) in [7, 11) is 1.32. The van der Waals surface area contributed by atoms with Gasteiger partial charge in [-0.1, -0.05) is 12.1 Å². The molecule has 4 rings (SSSR count). The number of allylic oxidation sites excluding steroid dienone is 1. The lowest BCUT2D eigenvalue weighted by Gasteiger charge is -2.26. The second-order valence-electron chi connectivity index (χ2n) is 5.78. The molecule has 2 aliphatic heterocycles. The molecule has 2 aromatic carbocycles. The molecule has 130 valence electrons. The normalized spacial score (nSPS) is 17.2. The minimum absolute atomic E-state index is 0.0425. The van der Waals surface area contributed by atoms with Crippen LogP contribution >= 0.6 is 0 Å². The second-order valence-corrected chi connectivity index (χ2v) is 5.78. The van der Waals surface area contributed by atoms with E-state index in [1.165, 1.54) is 7.11 Å². The van der Waals surface area contributed by atoms with E-state index in [0.29, 0.717) is 28.4 Å². The minimum Gasteiger partial charge on any atom is -0.465 e. The van der Waals surface area contributed by atoms with Crippen molar-refractivity contribution in [1.82, 2.24) is 0 Å². The Morgan fingerprint density at radius 3 is 2.54 bits per heavy atom. The van der Waals surface area contributed by atoms with E-state index < -0.39 is 11.9 Å². The van der Waals surface area contributed by atoms with Crippen LogP contribution in [0.5, 0.6) is 17.2 Å². The first kappa shape index (κ1) is 15.8. The molecule has 0 aromatic heterocycles. The Labute approximate surface area is 149 Å². The number of benzene rings is 2. The predicted octanol–water partition coefficient (Wildman–Crippen LogP) is 2.42. The number of nitrogens with zero attached hydrogens (tertiary/aromatic N) is 1. The fraction of sp³-hybridized carbons (Fsp3) is 0.158. The van der Waals surface area contributed by atoms with Crippen molar-refractivity contribution in [3.63, 3.8) is 0 Å². The Morgan fingerprint density at radius 2 is 1.88 bits per heavy atom. The summed E-state index contributed by atoms with van der Waals surface area (Å²) in [5.41, 5.74) is 8.21. The molecule has 0 unspecified atom stereocenters. The highest BCUT2D eigenvalue weighted by Crippen LogP contribution is 2.47. The van der Waals surface area contributed by atoms with E-state index in [-0.39, 0.29) is 12.7 Å². The van der Waals surface area contributed by atoms with Crippen LogP contribution in [-0.2, 0) is 4.74 Å². The molecule has 7 heteroatoms. The van der Waals surface area contributed by atoms with Crippen molar-refractivity contribution in [3.05, 3.63) is 64.5 Å². The monoisotopic (exact) mass is 350 g/mol. The van der Waals surface area contributed by atoms with Crippen molar-refractivity contribution in [2.24, 2.45) is 5.73 Å². The summed E-state index contributed by atoms with van der Waals surface area (Å²) in [5, 5.41) is 9.60. The van der Waals surface area contributed by atoms with E-state index in [4.69, 9.17) is 24.7 Å². The lowest BCUT2D eigenvalue weighted by Crippen LogP contribution is -2.21. The van der Waals surface area contributed by atoms with Crippen LogP contribution in [0.2, 0.25) is 0 Å². The molecule has 0 amide bonds. The number of rotatable bonds is 2. The Kier molecular flexibility index (Phi) is 3.66. The number of fused-ring (bicyclic) bond motifs is 2. The smallest absolute Gasteiger partial charge is 0.337 e. The van der Waals surface area contributed by atoms with Crippen LogP contribution in [0.1, 0.15) is 27.4 Å². The van der Waals surface area contributed by atoms with Gasteiger partial charge < -0.3 is 24.7 Å². The van der Waals surface area contributed by atoms with Gasteiger partial charge in [0.2, 0.25) is 12.7 Å². The highest BCUT2D eigenvalue weighted by Gasteiger charge is 2.33. The number of carbonyl (C=O) groups excluding carboxylic acids is 1. The molecule has 2 aromatic rings. The summed E-state index contributed by atoms with van der Waals surface area (Å²) in [6.45, 7) is 0.130. The molecule has 26 heavy (non-hydrogen) atoms. The molecule has 0 fully saturated rings. The number of ether oxygens (including phenoxy) is 4. The number of hydrogen-bond acceptors (Lipinski definition) is 7. The van der Waals surface area contributed by atoms with Gasteiger partial charge in [0, 0.05) is 11.6 Å². The van der Waals surface area contributed by atoms with Crippen LogP contribution in [0.25, 0.3) is 0 Å². The van der Waals surface area contributed by atoms with E-state index in [0.717, 1.165) is 11.1 Å². The van der Waals surface area contributed by atoms with Crippen LogP contribution < -0.4 is 19.9 Å². The SMILES string of the molecule is COC(=O)c1ccc([C@H]2C(C#N)=C(N)Oc3cc4c(cc32)OCO4)cc1. The van der Waals surface area contributed by atoms with Gasteiger partial charge in [0.05, 0.1) is 18.6 Å². The summed E-state index contributed by atoms with van der Waals surface area (Å²) in [5.74, 6) is 0.833. The lowest BCUT2D eigenvalue weighted by atomic mass is 9.83. The molecule has 2 aliphatic rings. The van der Waals surface area contributed by atoms with Crippen LogP contribution in [0.15, 0.2) is 47.9 Å². The average Bonchev–Trinajstić information content (AvgIpc) is 3.12. The van der Waals surface area contributed by atoms with Crippen LogP contribution in [-0.4, -0.2) is 19.9 Å². The van der Waals surface area contributed by atoms with E-state index in [1.807, 2.05) is 0 Å². The average molecular weight is 350 g/mol. The molecule has 2 heterocycles. The topological polar surface area (TPSA) is 104 Å². The zero-order valence-electron chi connectivity index (χ0n) is 13.8. The fourth-order valence-electron chi connectivity index (χ4n) is 3.12. The number of hydrogen-bond donors (Lipinski definition) is 1. The van der Waals surface area contributed by atoms with E-state index in [1.54, 1.807) is 36.4 Å². The molecule has 0 spiro atoms. The summed E-state index contributed by atoms with van der Waals surface area (Å²) >= 11 is 0. The standard InChI is InChI=1S/C19H14N2O5/c1-23-19(22)11-4-2-10(3-5-11)17-12-6-15-16(25-9-24-15)7-14(12)26-18(21)13(17)8-20/h2-7,17H,9,21H2,1H3/t17-/m1/s1. The lowest BCUT2D eigenvalue weighted by molar-refractivity contribution is 0.0600. The molecular formula is C19H14N2O5. The Balaban J connectivity index is 1.84. The third kappa shape index (κ3) is 2.40. The Hall–Kier alpha value is -3.66. The summed E-state index contributed by atoms with van der Waals surface area (Å²) in [4.78, 5) is 11.6. The molecule has 2 N–H and O–H groups in total. The number of carbonyl (C=O) groups is 1. The molecule has 0 bridgehead atoms. The summed E-state index contributed by atoms with van der Waals surface area (Å²) < 4.78 is 21.1. The van der Waals surface area contributed by atoms with Crippen molar-refractivity contribution in [2.45, 2.75) is 5.92 Å². The predicted molar refractivity (Wildman–Crippen MR) is 89.6 cm³/mol. The third-order valence-corrected chi connectivity index (χ3v) is 4.38. The molecule has 7 nitrogen and oxygen atoms in total. The maximum Gasteiger partial charge on any atom is 0.337 e. The van der Waals surface area contributed by atoms with Gasteiger partial charge in [-0.25, -0.2) is 4.79 Å². The largest absolute Gasteiger partial charge is 0.465 e. The van der Waals surface area contributed by atoms with Crippen molar-refractivity contribution in [1.29, 1.82) is 5.26 Å². The van der Waals surface area contributed by atoms with E-state index in [9.17, 15) is 10.1 Å². The molecule has 0 radical (unpaired) electrons. The van der Waals surface area contributed by atoms with Crippen molar-refractivity contribution >= 4 is 5.97 Å². The van der Waals surface area contributed by atoms with Gasteiger partial charge in [0.25, 0.3) is 0 Å². The maximum absolute atomic E-state index is 11.6. The third-order valence-electron chi connectivity index (χ3n) is 4.38. The van der Waals surface area contributed by atoms with Crippen molar-refractivity contribution in [3.8, 4) is 23.3 Å². The van der Waals surface area contributed by atoms with Gasteiger partial charge in [0.1, 0.15) is 17.4 Å². The zero-order chi connectivity index (χ0) is 18.3. The maximum atomic E-state index is 11.6. The van der Waals surface area contributed by atoms with Gasteiger partial charge in [-0.15, -0.1) is 0 Å². The molecule has 1 atom stereocenters. The highest BCUT2D eigenvalue weighted by molar-refractivity contribution is 5.89. The van der Waals surface area contributed by atoms with Gasteiger partial charge in [-0.2, -0.15) is 5.26 Å². The fourth-order valence-corrected chi connectivity index (χ4v) is 3.12. The molecule has 0 saturated heterocycles. The van der Waals surface area contributed by atoms with Crippen LogP contribution in [0.3, 0.4) is 0 Å². The van der Waals surface area contributed by atoms with Crippen molar-refractivity contribution < 1.29 is 23.7 Å². The number of nitriles is 1. The number of methoxy groups -OCH3 is 1. The first-order valence-corrected chi connectivity index (χ1v) is 7.81. The quantitative estimate of drug-likeness (QED) is 0.829. The highest BCUT2D eigenvalue weighted by atomic mass is 16.7. The van der Waals surface area contributed by atoms with E-state index in [2.05, 4.69) is 6.07 Å². The zero-order valence-corrected chi connectivity index (χ0v) is 13.8. The van der Waals surface area contributed by atoms with Crippen molar-refractivity contribution in [2.75, 3.05) is 13.9 Å². The Bertz CT molecular complexity index is 973. The Morgan fingerprint density at radius 1 is 1.19 bits per heavy atom. The van der Waals surface area contributed by atoms with Gasteiger partial charge in [-0.3, -0.25) is 0 Å². The van der Waals surface area contributed by atoms with Crippen LogP contribution in [0.4, 0.5) is 0 Å². The van der Waals surface area contributed by atoms with Gasteiger partial charge in [0.15, 0.2) is 11.5 Å². The first-order valence-electron chi connectivity index (χ1n) is 7.81. The van der Waals surface area contributed by atoms with Crippen LogP contribution in [0, 0.1) is 11.3 Å². The van der Waals surface area contributed by atoms with Gasteiger partial charge >= 0.3 is 5.97 Å². The number of nitrogens with two attached hydrogens (primary N) is 1. The molecule has 0 saturated carbocycles. The molecular weight excluding hydrogens is 336 g/mol. The van der Waals surface area contributed by atoms with E-state index >= 15 is 0 Å². The molecule has 0 aliphatic carbocycles. The second kappa shape index (κ2) is 6.01. The summed E-state index contributed by atoms with van der Waals surface area (Å²) in [6, 6.07) is 12.4. The number of esters is 1. The minimum atomic E-state index is -0.440. The van der Waals surface area contributed by atoms with Gasteiger partial charge in [-0.05, 0) is 23.8 Å². The first-order chi connectivity index (χ1) is 12.6. The summed E-state index contributed by atoms with van der Waals surface area (Å²) in [6.07, 6.45) is 0.